The molecule has 4 aliphatic rings. The lowest BCUT2D eigenvalue weighted by Gasteiger charge is -2.47. The van der Waals surface area contributed by atoms with Crippen molar-refractivity contribution in [2.45, 2.75) is 236 Å². The molecule has 14 atom stereocenters. The predicted molar refractivity (Wildman–Crippen MR) is 302 cm³/mol. The van der Waals surface area contributed by atoms with Gasteiger partial charge in [0.25, 0.3) is 17.4 Å². The van der Waals surface area contributed by atoms with Crippen molar-refractivity contribution in [3.05, 3.63) is 57.7 Å². The third-order valence-corrected chi connectivity index (χ3v) is 25.2. The minimum absolute atomic E-state index is 0.00352. The number of esters is 1. The van der Waals surface area contributed by atoms with E-state index in [1.165, 1.54) is 38.4 Å². The molecule has 0 radical (unpaired) electrons. The summed E-state index contributed by atoms with van der Waals surface area (Å²) in [4.78, 5) is 71.5. The molecule has 14 unspecified atom stereocenters. The molecule has 18 nitrogen and oxygen atoms in total. The number of carbonyl (C=O) groups excluding carboxylic acids is 4. The molecule has 1 saturated carbocycles. The normalized spacial score (nSPS) is 33.5. The Labute approximate surface area is 471 Å². The van der Waals surface area contributed by atoms with Crippen molar-refractivity contribution in [3.8, 4) is 0 Å². The van der Waals surface area contributed by atoms with Gasteiger partial charge < -0.3 is 38.1 Å². The van der Waals surface area contributed by atoms with Gasteiger partial charge in [0.05, 0.1) is 29.3 Å². The number of ether oxygens (including phenoxy) is 5. The molecule has 1 amide bonds. The molecule has 3 aliphatic heterocycles. The van der Waals surface area contributed by atoms with Gasteiger partial charge in [-0.05, 0) is 118 Å². The van der Waals surface area contributed by atoms with E-state index in [0.29, 0.717) is 44.1 Å². The van der Waals surface area contributed by atoms with E-state index in [4.69, 9.17) is 32.3 Å². The first-order chi connectivity index (χ1) is 37.1. The second kappa shape index (κ2) is 28.5. The molecule has 446 valence electrons. The van der Waals surface area contributed by atoms with Gasteiger partial charge in [-0.3, -0.25) is 28.7 Å². The van der Waals surface area contributed by atoms with E-state index in [1.807, 2.05) is 26.8 Å². The molecule has 1 N–H and O–H groups in total. The maximum atomic E-state index is 15.2. The fourth-order valence-electron chi connectivity index (χ4n) is 13.5. The number of cyclic esters (lactones) is 1. The first-order valence-corrected chi connectivity index (χ1v) is 32.4. The molecule has 5 rings (SSSR count). The number of piperidine rings is 1. The maximum Gasteiger partial charge on any atom is 0.329 e. The lowest BCUT2D eigenvalue weighted by atomic mass is 9.81. The van der Waals surface area contributed by atoms with E-state index < -0.39 is 124 Å². The van der Waals surface area contributed by atoms with E-state index >= 15 is 9.59 Å². The SMILES string of the molecule is CCCC1/C=C(\C)CC(C)CC(OC)C2OC(O)(C(=O)C(=O)N3CCCCC3C(=O)OC(C(C)=CC3CCC(OS(=O)(=O)c4ccccc4[N+](=O)[O-])C(OC)C3)C(C)C(O[Si](C(C)C)(C(C)C)C(C)C)CC1=O)C(C)CC2OC. The Morgan fingerprint density at radius 3 is 2.09 bits per heavy atom. The fourth-order valence-corrected chi connectivity index (χ4v) is 20.5. The predicted octanol–water partition coefficient (Wildman–Crippen LogP) is 10.4. The van der Waals surface area contributed by atoms with Crippen LogP contribution in [0.2, 0.25) is 16.6 Å². The molecule has 79 heavy (non-hydrogen) atoms. The first-order valence-electron chi connectivity index (χ1n) is 28.9. The van der Waals surface area contributed by atoms with Gasteiger partial charge in [0.2, 0.25) is 14.1 Å². The van der Waals surface area contributed by atoms with Gasteiger partial charge in [-0.2, -0.15) is 8.42 Å². The number of aliphatic hydroxyl groups is 1. The number of carbonyl (C=O) groups is 4. The standard InChI is InChI=1S/C59H94N2O16SSi/c1-16-21-44-29-38(8)28-39(9)30-51(72-14)55-52(73-15)32-41(11)59(66,75-55)56(63)57(64)60-27-20-19-23-46(60)58(65)74-54(42(12)49(34-47(44)62)77-79(35(2)3,36(4)5)37(6)7)40(10)31-43-25-26-48(50(33-43)71-13)76-78(69,70)53-24-18-17-22-45(53)61(67)68/h17-18,22,24,29,31,35-37,39,41-44,46,48-52,54-55,66H,16,19-21,23,25-28,30,32-34H2,1-15H3/b38-29+,40-31?. The van der Waals surface area contributed by atoms with Crippen molar-refractivity contribution in [2.24, 2.45) is 29.6 Å². The average Bonchev–Trinajstić information content (AvgIpc) is 3.40. The Hall–Kier alpha value is -3.73. The maximum absolute atomic E-state index is 15.2. The Morgan fingerprint density at radius 2 is 1.49 bits per heavy atom. The summed E-state index contributed by atoms with van der Waals surface area (Å²) in [6, 6.07) is 3.79. The van der Waals surface area contributed by atoms with Crippen molar-refractivity contribution < 1.29 is 69.9 Å². The van der Waals surface area contributed by atoms with Crippen LogP contribution in [-0.2, 0) is 61.6 Å². The highest BCUT2D eigenvalue weighted by atomic mass is 32.2. The van der Waals surface area contributed by atoms with Crippen molar-refractivity contribution >= 4 is 47.6 Å². The average molecular weight is 1150 g/mol. The fraction of sp³-hybridized carbons (Fsp3) is 0.763. The Kier molecular flexibility index (Phi) is 23.8. The number of benzene rings is 1. The van der Waals surface area contributed by atoms with E-state index in [2.05, 4.69) is 61.5 Å². The van der Waals surface area contributed by atoms with Gasteiger partial charge in [-0.25, -0.2) is 4.79 Å². The molecule has 1 aromatic carbocycles. The van der Waals surface area contributed by atoms with Crippen LogP contribution in [0.3, 0.4) is 0 Å². The molecule has 1 aliphatic carbocycles. The number of nitro benzene ring substituents is 1. The Balaban J connectivity index is 1.65. The third-order valence-electron chi connectivity index (χ3n) is 17.6. The molecule has 0 spiro atoms. The molecule has 1 aromatic rings. The minimum atomic E-state index is -4.60. The number of allylic oxidation sites excluding steroid dienone is 3. The van der Waals surface area contributed by atoms with Crippen LogP contribution in [0.15, 0.2) is 52.5 Å². The van der Waals surface area contributed by atoms with Gasteiger partial charge in [0.1, 0.15) is 30.1 Å². The summed E-state index contributed by atoms with van der Waals surface area (Å²) in [5.74, 6) is -7.84. The quantitative estimate of drug-likeness (QED) is 0.0308. The first kappa shape index (κ1) is 66.1. The van der Waals surface area contributed by atoms with Gasteiger partial charge >= 0.3 is 16.1 Å². The number of fused-ring (bicyclic) bond motifs is 3. The number of nitrogens with zero attached hydrogens (tertiary/aromatic N) is 2. The lowest BCUT2D eigenvalue weighted by molar-refractivity contribution is -0.387. The summed E-state index contributed by atoms with van der Waals surface area (Å²) < 4.78 is 71.5. The zero-order valence-electron chi connectivity index (χ0n) is 49.8. The molecule has 0 aromatic heterocycles. The number of amides is 1. The monoisotopic (exact) mass is 1150 g/mol. The van der Waals surface area contributed by atoms with E-state index in [0.717, 1.165) is 24.1 Å². The Bertz CT molecular complexity index is 2430. The lowest BCUT2D eigenvalue weighted by Crippen LogP contribution is -2.64. The van der Waals surface area contributed by atoms with Crippen LogP contribution in [0.5, 0.6) is 0 Å². The molecule has 20 heteroatoms. The van der Waals surface area contributed by atoms with Crippen molar-refractivity contribution in [1.29, 1.82) is 0 Å². The summed E-state index contributed by atoms with van der Waals surface area (Å²) in [6.07, 6.45) is 3.07. The van der Waals surface area contributed by atoms with Crippen LogP contribution >= 0.6 is 0 Å². The van der Waals surface area contributed by atoms with Crippen LogP contribution in [0.25, 0.3) is 0 Å². The van der Waals surface area contributed by atoms with Crippen LogP contribution in [-0.4, -0.2) is 138 Å². The number of hydrogen-bond donors (Lipinski definition) is 1. The van der Waals surface area contributed by atoms with E-state index in [9.17, 15) is 33.2 Å². The molecular weight excluding hydrogens is 1050 g/mol. The van der Waals surface area contributed by atoms with Gasteiger partial charge in [-0.15, -0.1) is 0 Å². The van der Waals surface area contributed by atoms with Crippen molar-refractivity contribution in [1.82, 2.24) is 4.90 Å². The zero-order valence-corrected chi connectivity index (χ0v) is 51.6. The summed E-state index contributed by atoms with van der Waals surface area (Å²) in [7, 11) is -2.86. The molecule has 2 bridgehead atoms. The summed E-state index contributed by atoms with van der Waals surface area (Å²) in [5.41, 5.74) is 1.42. The number of nitro groups is 1. The number of para-hydroxylation sites is 1. The third kappa shape index (κ3) is 15.3. The largest absolute Gasteiger partial charge is 0.456 e. The topological polar surface area (TPSA) is 234 Å². The second-order valence-corrected chi connectivity index (χ2v) is 31.1. The number of rotatable bonds is 16. The summed E-state index contributed by atoms with van der Waals surface area (Å²) in [5, 5.41) is 24.2. The number of Topliss-reactive ketones (excluding diaryl/α,β-unsaturated/α-hetero) is 2. The number of hydrogen-bond acceptors (Lipinski definition) is 16. The van der Waals surface area contributed by atoms with E-state index in [-0.39, 0.29) is 72.9 Å². The van der Waals surface area contributed by atoms with E-state index in [1.54, 1.807) is 6.92 Å². The van der Waals surface area contributed by atoms with Crippen LogP contribution in [0.4, 0.5) is 5.69 Å². The van der Waals surface area contributed by atoms with Gasteiger partial charge in [0, 0.05) is 58.1 Å². The molecular formula is C59H94N2O16SSi. The zero-order chi connectivity index (χ0) is 58.9. The highest BCUT2D eigenvalue weighted by Crippen LogP contribution is 2.46. The molecule has 3 fully saturated rings. The Morgan fingerprint density at radius 1 is 0.873 bits per heavy atom. The van der Waals surface area contributed by atoms with Gasteiger partial charge in [-0.1, -0.05) is 106 Å². The summed E-state index contributed by atoms with van der Waals surface area (Å²) >= 11 is 0. The highest BCUT2D eigenvalue weighted by Gasteiger charge is 2.57. The molecule has 2 saturated heterocycles. The van der Waals surface area contributed by atoms with Crippen molar-refractivity contribution in [3.63, 3.8) is 0 Å². The van der Waals surface area contributed by atoms with Crippen LogP contribution in [0, 0.1) is 39.7 Å². The smallest absolute Gasteiger partial charge is 0.329 e. The second-order valence-electron chi connectivity index (χ2n) is 24.2. The summed E-state index contributed by atoms with van der Waals surface area (Å²) in [6.45, 7) is 24.7. The molecule has 3 heterocycles. The van der Waals surface area contributed by atoms with Gasteiger partial charge in [0.15, 0.2) is 4.90 Å². The van der Waals surface area contributed by atoms with Crippen LogP contribution in [0.1, 0.15) is 160 Å². The number of ketones is 2. The highest BCUT2D eigenvalue weighted by molar-refractivity contribution is 7.87. The number of methoxy groups -OCH3 is 3. The minimum Gasteiger partial charge on any atom is -0.456 e. The van der Waals surface area contributed by atoms with Crippen molar-refractivity contribution in [2.75, 3.05) is 27.9 Å². The van der Waals surface area contributed by atoms with Crippen LogP contribution < -0.4 is 0 Å².